The lowest BCUT2D eigenvalue weighted by atomic mass is 10.2. The Bertz CT molecular complexity index is 378. The molecule has 1 rings (SSSR count). The van der Waals surface area contributed by atoms with Crippen LogP contribution in [0.4, 0.5) is 0 Å². The van der Waals surface area contributed by atoms with Gasteiger partial charge in [0.25, 0.3) is 5.24 Å². The molecule has 1 N–H and O–H groups in total. The molecule has 0 spiro atoms. The summed E-state index contributed by atoms with van der Waals surface area (Å²) in [6.45, 7) is 0. The second-order valence-electron chi connectivity index (χ2n) is 2.16. The highest BCUT2D eigenvalue weighted by Crippen LogP contribution is 2.33. The van der Waals surface area contributed by atoms with Crippen molar-refractivity contribution in [2.24, 2.45) is 0 Å². The van der Waals surface area contributed by atoms with Gasteiger partial charge >= 0.3 is 0 Å². The van der Waals surface area contributed by atoms with Crippen LogP contribution >= 0.6 is 79.4 Å². The van der Waals surface area contributed by atoms with Gasteiger partial charge in [0.05, 0.1) is 9.13 Å². The van der Waals surface area contributed by atoms with Crippen LogP contribution in [-0.4, -0.2) is 10.3 Å². The molecule has 70 valence electrons. The first-order valence-corrected chi connectivity index (χ1v) is 6.63. The van der Waals surface area contributed by atoms with Gasteiger partial charge in [-0.15, -0.1) is 0 Å². The standard InChI is InChI=1S/C7H2ClI3O2/c8-7(13)2-1-3(9)4(10)5(11)6(2)12/h1,12H. The number of halogens is 4. The molecule has 0 atom stereocenters. The highest BCUT2D eigenvalue weighted by atomic mass is 127. The third kappa shape index (κ3) is 2.59. The molecule has 0 saturated carbocycles. The maximum Gasteiger partial charge on any atom is 0.256 e. The van der Waals surface area contributed by atoms with Crippen LogP contribution in [0.5, 0.6) is 5.75 Å². The highest BCUT2D eigenvalue weighted by Gasteiger charge is 2.16. The van der Waals surface area contributed by atoms with Gasteiger partial charge in [-0.05, 0) is 85.4 Å². The van der Waals surface area contributed by atoms with E-state index in [0.29, 0.717) is 3.57 Å². The van der Waals surface area contributed by atoms with Gasteiger partial charge in [0.2, 0.25) is 0 Å². The van der Waals surface area contributed by atoms with Gasteiger partial charge < -0.3 is 5.11 Å². The Labute approximate surface area is 121 Å². The van der Waals surface area contributed by atoms with Crippen molar-refractivity contribution in [1.29, 1.82) is 0 Å². The lowest BCUT2D eigenvalue weighted by Crippen LogP contribution is -1.96. The van der Waals surface area contributed by atoms with E-state index >= 15 is 0 Å². The van der Waals surface area contributed by atoms with Crippen molar-refractivity contribution < 1.29 is 9.90 Å². The Hall–Kier alpha value is 1.17. The van der Waals surface area contributed by atoms with E-state index in [1.54, 1.807) is 6.07 Å². The van der Waals surface area contributed by atoms with Gasteiger partial charge in [-0.3, -0.25) is 4.79 Å². The smallest absolute Gasteiger partial charge is 0.256 e. The average Bonchev–Trinajstić information content (AvgIpc) is 2.07. The Kier molecular flexibility index (Phi) is 4.51. The maximum atomic E-state index is 10.9. The number of aromatic hydroxyl groups is 1. The van der Waals surface area contributed by atoms with Gasteiger partial charge in [-0.25, -0.2) is 0 Å². The van der Waals surface area contributed by atoms with E-state index in [1.165, 1.54) is 0 Å². The van der Waals surface area contributed by atoms with Crippen molar-refractivity contribution in [2.75, 3.05) is 0 Å². The fraction of sp³-hybridized carbons (Fsp3) is 0. The Balaban J connectivity index is 3.50. The largest absolute Gasteiger partial charge is 0.506 e. The van der Waals surface area contributed by atoms with E-state index in [2.05, 4.69) is 45.2 Å². The molecule has 1 aromatic carbocycles. The Morgan fingerprint density at radius 3 is 2.31 bits per heavy atom. The molecule has 0 aliphatic rings. The van der Waals surface area contributed by atoms with Crippen LogP contribution in [0.15, 0.2) is 6.07 Å². The lowest BCUT2D eigenvalue weighted by Gasteiger charge is -2.06. The molecule has 6 heteroatoms. The zero-order valence-electron chi connectivity index (χ0n) is 5.94. The summed E-state index contributed by atoms with van der Waals surface area (Å²) in [5.74, 6) is -0.0367. The summed E-state index contributed by atoms with van der Waals surface area (Å²) in [6.07, 6.45) is 0. The molecular formula is C7H2ClI3O2. The van der Waals surface area contributed by atoms with Crippen molar-refractivity contribution in [3.8, 4) is 5.75 Å². The summed E-state index contributed by atoms with van der Waals surface area (Å²) in [5, 5.41) is 8.92. The second-order valence-corrected chi connectivity index (χ2v) is 5.82. The van der Waals surface area contributed by atoms with E-state index in [1.807, 2.05) is 22.6 Å². The number of carbonyl (C=O) groups is 1. The normalized spacial score (nSPS) is 10.2. The molecule has 0 amide bonds. The molecule has 0 saturated heterocycles. The highest BCUT2D eigenvalue weighted by molar-refractivity contribution is 14.1. The van der Waals surface area contributed by atoms with Crippen molar-refractivity contribution in [1.82, 2.24) is 0 Å². The number of benzene rings is 1. The SMILES string of the molecule is O=C(Cl)c1cc(I)c(I)c(I)c1O. The molecular weight excluding hydrogens is 532 g/mol. The summed E-state index contributed by atoms with van der Waals surface area (Å²) in [5.41, 5.74) is 0.163. The van der Waals surface area contributed by atoms with E-state index in [0.717, 1.165) is 7.14 Å². The van der Waals surface area contributed by atoms with E-state index in [9.17, 15) is 9.90 Å². The van der Waals surface area contributed by atoms with Crippen LogP contribution in [0.25, 0.3) is 0 Å². The van der Waals surface area contributed by atoms with Gasteiger partial charge in [-0.2, -0.15) is 0 Å². The summed E-state index contributed by atoms with van der Waals surface area (Å²) in [7, 11) is 0. The number of phenolic OH excluding ortho intramolecular Hbond substituents is 1. The summed E-state index contributed by atoms with van der Waals surface area (Å²) < 4.78 is 2.50. The zero-order valence-corrected chi connectivity index (χ0v) is 13.2. The molecule has 13 heavy (non-hydrogen) atoms. The number of hydrogen-bond acceptors (Lipinski definition) is 2. The molecule has 0 radical (unpaired) electrons. The Morgan fingerprint density at radius 1 is 1.31 bits per heavy atom. The van der Waals surface area contributed by atoms with Crippen LogP contribution in [0.1, 0.15) is 10.4 Å². The van der Waals surface area contributed by atoms with Gasteiger partial charge in [-0.1, -0.05) is 0 Å². The van der Waals surface area contributed by atoms with Gasteiger partial charge in [0, 0.05) is 7.14 Å². The van der Waals surface area contributed by atoms with Crippen molar-refractivity contribution in [2.45, 2.75) is 0 Å². The third-order valence-corrected chi connectivity index (χ3v) is 6.64. The molecule has 1 aromatic rings. The molecule has 0 fully saturated rings. The van der Waals surface area contributed by atoms with Gasteiger partial charge in [0.1, 0.15) is 5.75 Å². The van der Waals surface area contributed by atoms with Crippen LogP contribution < -0.4 is 0 Å². The van der Waals surface area contributed by atoms with E-state index < -0.39 is 5.24 Å². The van der Waals surface area contributed by atoms with Crippen LogP contribution in [0.2, 0.25) is 0 Å². The average molecular weight is 534 g/mol. The minimum Gasteiger partial charge on any atom is -0.506 e. The second kappa shape index (κ2) is 4.79. The molecule has 0 bridgehead atoms. The fourth-order valence-electron chi connectivity index (χ4n) is 0.735. The number of carbonyl (C=O) groups excluding carboxylic acids is 1. The topological polar surface area (TPSA) is 37.3 Å². The van der Waals surface area contributed by atoms with Crippen molar-refractivity contribution in [3.05, 3.63) is 22.3 Å². The molecule has 0 aliphatic carbocycles. The fourth-order valence-corrected chi connectivity index (χ4v) is 2.97. The first-order chi connectivity index (χ1) is 5.95. The first kappa shape index (κ1) is 12.2. The van der Waals surface area contributed by atoms with Crippen LogP contribution in [-0.2, 0) is 0 Å². The molecule has 0 aromatic heterocycles. The third-order valence-electron chi connectivity index (χ3n) is 1.35. The lowest BCUT2D eigenvalue weighted by molar-refractivity contribution is 0.107. The predicted molar refractivity (Wildman–Crippen MR) is 76.4 cm³/mol. The van der Waals surface area contributed by atoms with E-state index in [4.69, 9.17) is 11.6 Å². The van der Waals surface area contributed by atoms with Crippen LogP contribution in [0, 0.1) is 10.7 Å². The quantitative estimate of drug-likeness (QED) is 0.340. The maximum absolute atomic E-state index is 10.9. The minimum atomic E-state index is -0.635. The zero-order chi connectivity index (χ0) is 10.2. The summed E-state index contributed by atoms with van der Waals surface area (Å²) in [4.78, 5) is 10.9. The molecule has 2 nitrogen and oxygen atoms in total. The summed E-state index contributed by atoms with van der Waals surface area (Å²) in [6, 6.07) is 1.58. The first-order valence-electron chi connectivity index (χ1n) is 3.01. The molecule has 0 heterocycles. The van der Waals surface area contributed by atoms with E-state index in [-0.39, 0.29) is 11.3 Å². The number of phenols is 1. The molecule has 0 aliphatic heterocycles. The van der Waals surface area contributed by atoms with Crippen molar-refractivity contribution >= 4 is 84.6 Å². The number of rotatable bonds is 1. The minimum absolute atomic E-state index is 0.0367. The monoisotopic (exact) mass is 534 g/mol. The molecule has 0 unspecified atom stereocenters. The Morgan fingerprint density at radius 2 is 1.85 bits per heavy atom. The number of hydrogen-bond donors (Lipinski definition) is 1. The predicted octanol–water partition coefficient (Wildman–Crippen LogP) is 3.59. The summed E-state index contributed by atoms with van der Waals surface area (Å²) >= 11 is 11.5. The van der Waals surface area contributed by atoms with Crippen molar-refractivity contribution in [3.63, 3.8) is 0 Å². The van der Waals surface area contributed by atoms with Gasteiger partial charge in [0.15, 0.2) is 0 Å². The van der Waals surface area contributed by atoms with Crippen LogP contribution in [0.3, 0.4) is 0 Å².